The molecule has 1 aliphatic carbocycles. The second-order valence-electron chi connectivity index (χ2n) is 7.89. The zero-order chi connectivity index (χ0) is 21.5. The minimum atomic E-state index is -2.57. The van der Waals surface area contributed by atoms with Gasteiger partial charge in [0.05, 0.1) is 18.4 Å². The number of nitrogens with zero attached hydrogens (tertiary/aromatic N) is 6. The fourth-order valence-corrected chi connectivity index (χ4v) is 4.42. The number of alkyl halides is 2. The molecule has 2 fully saturated rings. The Balaban J connectivity index is 1.37. The van der Waals surface area contributed by atoms with Crippen LogP contribution in [0.3, 0.4) is 0 Å². The van der Waals surface area contributed by atoms with E-state index in [4.69, 9.17) is 4.74 Å². The third kappa shape index (κ3) is 3.62. The highest BCUT2D eigenvalue weighted by Crippen LogP contribution is 2.40. The van der Waals surface area contributed by atoms with Crippen LogP contribution in [0.5, 0.6) is 5.88 Å². The van der Waals surface area contributed by atoms with E-state index in [1.807, 2.05) is 13.0 Å². The van der Waals surface area contributed by atoms with Crippen molar-refractivity contribution in [1.29, 1.82) is 0 Å². The number of pyridine rings is 2. The predicted molar refractivity (Wildman–Crippen MR) is 105 cm³/mol. The summed E-state index contributed by atoms with van der Waals surface area (Å²) in [6.45, 7) is 2.45. The van der Waals surface area contributed by atoms with Gasteiger partial charge in [0.15, 0.2) is 5.69 Å². The molecule has 4 heterocycles. The van der Waals surface area contributed by atoms with Gasteiger partial charge in [-0.15, -0.1) is 4.80 Å². The SMILES string of the molecule is Cc1ccc(-n2nccn2)c(C(=O)N2C[C@H]3C[C@@H](Oc4ccc(C(F)F)cn4)[C@@H]2C3)n1. The molecule has 8 nitrogen and oxygen atoms in total. The Labute approximate surface area is 176 Å². The van der Waals surface area contributed by atoms with Crippen LogP contribution in [-0.4, -0.2) is 54.5 Å². The second-order valence-corrected chi connectivity index (χ2v) is 7.89. The summed E-state index contributed by atoms with van der Waals surface area (Å²) in [5.74, 6) is 0.401. The van der Waals surface area contributed by atoms with Gasteiger partial charge in [0.1, 0.15) is 11.8 Å². The molecule has 5 rings (SSSR count). The summed E-state index contributed by atoms with van der Waals surface area (Å²) in [6, 6.07) is 6.22. The maximum Gasteiger partial charge on any atom is 0.275 e. The number of carbonyl (C=O) groups is 1. The third-order valence-electron chi connectivity index (χ3n) is 5.82. The number of halogens is 2. The molecule has 0 N–H and O–H groups in total. The number of piperidine rings is 1. The third-order valence-corrected chi connectivity index (χ3v) is 5.82. The van der Waals surface area contributed by atoms with E-state index < -0.39 is 6.43 Å². The molecule has 0 spiro atoms. The molecular formula is C21H20F2N6O2. The van der Waals surface area contributed by atoms with Crippen LogP contribution in [0.1, 0.15) is 41.0 Å². The summed E-state index contributed by atoms with van der Waals surface area (Å²) in [6.07, 6.45) is 3.01. The Hall–Kier alpha value is -3.43. The van der Waals surface area contributed by atoms with Crippen LogP contribution in [0, 0.1) is 12.8 Å². The summed E-state index contributed by atoms with van der Waals surface area (Å²) >= 11 is 0. The number of likely N-dealkylation sites (tertiary alicyclic amines) is 1. The molecule has 1 aliphatic heterocycles. The van der Waals surface area contributed by atoms with Crippen molar-refractivity contribution >= 4 is 5.91 Å². The molecule has 0 aromatic carbocycles. The molecule has 0 radical (unpaired) electrons. The molecule has 0 unspecified atom stereocenters. The Bertz CT molecular complexity index is 1090. The van der Waals surface area contributed by atoms with E-state index in [0.29, 0.717) is 23.8 Å². The van der Waals surface area contributed by atoms with Gasteiger partial charge in [0.2, 0.25) is 5.88 Å². The van der Waals surface area contributed by atoms with E-state index in [2.05, 4.69) is 20.2 Å². The lowest BCUT2D eigenvalue weighted by Gasteiger charge is -2.33. The molecule has 1 amide bonds. The number of ether oxygens (including phenoxy) is 1. The highest BCUT2D eigenvalue weighted by atomic mass is 19.3. The minimum absolute atomic E-state index is 0.130. The van der Waals surface area contributed by atoms with E-state index in [-0.39, 0.29) is 29.5 Å². The Morgan fingerprint density at radius 3 is 2.65 bits per heavy atom. The Kier molecular flexibility index (Phi) is 4.84. The van der Waals surface area contributed by atoms with Gasteiger partial charge in [0, 0.05) is 30.1 Å². The molecule has 1 saturated heterocycles. The van der Waals surface area contributed by atoms with Crippen molar-refractivity contribution in [3.05, 3.63) is 59.8 Å². The summed E-state index contributed by atoms with van der Waals surface area (Å²) in [7, 11) is 0. The Morgan fingerprint density at radius 2 is 1.97 bits per heavy atom. The highest BCUT2D eigenvalue weighted by Gasteiger charge is 2.49. The van der Waals surface area contributed by atoms with Crippen LogP contribution >= 0.6 is 0 Å². The first kappa shape index (κ1) is 19.5. The normalized spacial score (nSPS) is 22.3. The van der Waals surface area contributed by atoms with E-state index in [1.165, 1.54) is 16.9 Å². The van der Waals surface area contributed by atoms with Crippen molar-refractivity contribution in [1.82, 2.24) is 29.9 Å². The first-order chi connectivity index (χ1) is 15.0. The van der Waals surface area contributed by atoms with Gasteiger partial charge < -0.3 is 9.64 Å². The average molecular weight is 426 g/mol. The summed E-state index contributed by atoms with van der Waals surface area (Å²) in [5.41, 5.74) is 1.38. The number of hydrogen-bond acceptors (Lipinski definition) is 6. The number of amides is 1. The van der Waals surface area contributed by atoms with Gasteiger partial charge in [0.25, 0.3) is 12.3 Å². The Morgan fingerprint density at radius 1 is 1.16 bits per heavy atom. The maximum atomic E-state index is 13.5. The molecular weight excluding hydrogens is 406 g/mol. The molecule has 3 atom stereocenters. The fraction of sp³-hybridized carbons (Fsp3) is 0.381. The van der Waals surface area contributed by atoms with Gasteiger partial charge >= 0.3 is 0 Å². The lowest BCUT2D eigenvalue weighted by atomic mass is 10.1. The van der Waals surface area contributed by atoms with E-state index in [9.17, 15) is 13.6 Å². The highest BCUT2D eigenvalue weighted by molar-refractivity contribution is 5.96. The number of carbonyl (C=O) groups excluding carboxylic acids is 1. The van der Waals surface area contributed by atoms with Crippen LogP contribution in [0.25, 0.3) is 5.69 Å². The van der Waals surface area contributed by atoms with Gasteiger partial charge in [-0.1, -0.05) is 0 Å². The van der Waals surface area contributed by atoms with Crippen LogP contribution in [0.15, 0.2) is 42.9 Å². The van der Waals surface area contributed by atoms with E-state index in [1.54, 1.807) is 23.4 Å². The van der Waals surface area contributed by atoms with Crippen LogP contribution in [-0.2, 0) is 0 Å². The van der Waals surface area contributed by atoms with Crippen molar-refractivity contribution < 1.29 is 18.3 Å². The first-order valence-corrected chi connectivity index (χ1v) is 10.1. The van der Waals surface area contributed by atoms with Crippen molar-refractivity contribution in [2.75, 3.05) is 6.54 Å². The van der Waals surface area contributed by atoms with Crippen LogP contribution in [0.4, 0.5) is 8.78 Å². The predicted octanol–water partition coefficient (Wildman–Crippen LogP) is 2.99. The lowest BCUT2D eigenvalue weighted by Crippen LogP contribution is -2.47. The molecule has 3 aromatic rings. The first-order valence-electron chi connectivity index (χ1n) is 10.1. The van der Waals surface area contributed by atoms with Gasteiger partial charge in [-0.2, -0.15) is 10.2 Å². The van der Waals surface area contributed by atoms with Crippen LogP contribution < -0.4 is 4.74 Å². The minimum Gasteiger partial charge on any atom is -0.472 e. The fourth-order valence-electron chi connectivity index (χ4n) is 4.42. The monoisotopic (exact) mass is 426 g/mol. The molecule has 10 heteroatoms. The number of aryl methyl sites for hydroxylation is 1. The lowest BCUT2D eigenvalue weighted by molar-refractivity contribution is 0.0460. The average Bonchev–Trinajstić information content (AvgIpc) is 3.51. The second kappa shape index (κ2) is 7.68. The van der Waals surface area contributed by atoms with Crippen molar-refractivity contribution in [2.45, 2.75) is 38.3 Å². The quantitative estimate of drug-likeness (QED) is 0.624. The molecule has 1 saturated carbocycles. The van der Waals surface area contributed by atoms with Crippen molar-refractivity contribution in [3.63, 3.8) is 0 Å². The molecule has 2 aliphatic rings. The topological polar surface area (TPSA) is 86.0 Å². The van der Waals surface area contributed by atoms with Gasteiger partial charge in [-0.25, -0.2) is 18.7 Å². The molecule has 31 heavy (non-hydrogen) atoms. The van der Waals surface area contributed by atoms with Gasteiger partial charge in [-0.05, 0) is 43.9 Å². The molecule has 160 valence electrons. The van der Waals surface area contributed by atoms with E-state index >= 15 is 0 Å². The largest absolute Gasteiger partial charge is 0.472 e. The summed E-state index contributed by atoms with van der Waals surface area (Å²) < 4.78 is 31.5. The number of rotatable bonds is 5. The van der Waals surface area contributed by atoms with Crippen molar-refractivity contribution in [2.24, 2.45) is 5.92 Å². The standard InChI is InChI=1S/C21H20F2N6O2/c1-12-2-4-15(29-25-6-7-26-29)19(27-12)21(30)28-11-13-8-16(28)17(9-13)31-18-5-3-14(10-24-18)20(22)23/h2-7,10,13,16-17,20H,8-9,11H2,1H3/t13-,16+,17-/m1/s1. The zero-order valence-electron chi connectivity index (χ0n) is 16.7. The number of fused-ring (bicyclic) bond motifs is 2. The zero-order valence-corrected chi connectivity index (χ0v) is 16.7. The number of aromatic nitrogens is 5. The van der Waals surface area contributed by atoms with Crippen molar-refractivity contribution in [3.8, 4) is 11.6 Å². The maximum absolute atomic E-state index is 13.5. The summed E-state index contributed by atoms with van der Waals surface area (Å²) in [5, 5.41) is 8.26. The van der Waals surface area contributed by atoms with Gasteiger partial charge in [-0.3, -0.25) is 4.79 Å². The summed E-state index contributed by atoms with van der Waals surface area (Å²) in [4.78, 5) is 25.1. The molecule has 2 bridgehead atoms. The van der Waals surface area contributed by atoms with E-state index in [0.717, 1.165) is 24.7 Å². The number of hydrogen-bond donors (Lipinski definition) is 0. The smallest absolute Gasteiger partial charge is 0.275 e. The van der Waals surface area contributed by atoms with Crippen LogP contribution in [0.2, 0.25) is 0 Å². The molecule has 3 aromatic heterocycles.